The average Bonchev–Trinajstić information content (AvgIpc) is 3.31. The second-order valence-electron chi connectivity index (χ2n) is 6.42. The number of fused-ring (bicyclic) bond motifs is 1. The number of nitrogens with zero attached hydrogens (tertiary/aromatic N) is 5. The van der Waals surface area contributed by atoms with Gasteiger partial charge in [-0.3, -0.25) is 15.0 Å². The minimum absolute atomic E-state index is 0.231. The number of hydrogen-bond acceptors (Lipinski definition) is 6. The summed E-state index contributed by atoms with van der Waals surface area (Å²) in [5.41, 5.74) is 2.69. The predicted molar refractivity (Wildman–Crippen MR) is 96.7 cm³/mol. The van der Waals surface area contributed by atoms with Gasteiger partial charge in [-0.25, -0.2) is 9.78 Å². The normalized spacial score (nSPS) is 15.7. The molecule has 4 aromatic rings. The molecule has 9 heteroatoms. The first-order valence-corrected chi connectivity index (χ1v) is 8.53. The lowest BCUT2D eigenvalue weighted by Gasteiger charge is -2.02. The van der Waals surface area contributed by atoms with E-state index in [9.17, 15) is 9.90 Å². The fraction of sp³-hybridized carbons (Fsp3) is 0.167. The lowest BCUT2D eigenvalue weighted by atomic mass is 10.2. The van der Waals surface area contributed by atoms with Crippen LogP contribution in [0, 0.1) is 0 Å². The zero-order valence-electron chi connectivity index (χ0n) is 14.1. The molecule has 1 aliphatic carbocycles. The van der Waals surface area contributed by atoms with Gasteiger partial charge in [0.25, 0.3) is 0 Å². The van der Waals surface area contributed by atoms with Crippen LogP contribution in [-0.2, 0) is 0 Å². The Morgan fingerprint density at radius 1 is 1.30 bits per heavy atom. The van der Waals surface area contributed by atoms with E-state index in [2.05, 4.69) is 20.1 Å². The molecule has 5 rings (SSSR count). The molecule has 0 spiro atoms. The van der Waals surface area contributed by atoms with Gasteiger partial charge in [-0.1, -0.05) is 0 Å². The number of nitrogens with one attached hydrogen (secondary N) is 2. The van der Waals surface area contributed by atoms with E-state index in [0.717, 1.165) is 24.1 Å². The van der Waals surface area contributed by atoms with E-state index in [1.807, 2.05) is 18.2 Å². The molecule has 0 aromatic carbocycles. The Bertz CT molecular complexity index is 1310. The van der Waals surface area contributed by atoms with Crippen molar-refractivity contribution in [1.29, 1.82) is 0 Å². The Hall–Kier alpha value is -3.75. The summed E-state index contributed by atoms with van der Waals surface area (Å²) in [7, 11) is 0. The first kappa shape index (κ1) is 15.5. The van der Waals surface area contributed by atoms with Crippen LogP contribution in [0.25, 0.3) is 23.0 Å². The number of pyridine rings is 1. The van der Waals surface area contributed by atoms with E-state index < -0.39 is 5.69 Å². The number of aromatic nitrogens is 6. The number of imidazole rings is 1. The first-order chi connectivity index (χ1) is 13.2. The molecule has 4 heterocycles. The third kappa shape index (κ3) is 2.88. The van der Waals surface area contributed by atoms with Gasteiger partial charge in [0, 0.05) is 29.2 Å². The number of rotatable bonds is 3. The number of aromatic amines is 2. The Morgan fingerprint density at radius 2 is 2.19 bits per heavy atom. The van der Waals surface area contributed by atoms with Crippen molar-refractivity contribution >= 4 is 11.7 Å². The van der Waals surface area contributed by atoms with Crippen LogP contribution in [0.15, 0.2) is 46.6 Å². The topological polar surface area (TPSA) is 124 Å². The summed E-state index contributed by atoms with van der Waals surface area (Å²) in [6.45, 7) is 0. The van der Waals surface area contributed by atoms with E-state index in [1.165, 1.54) is 0 Å². The van der Waals surface area contributed by atoms with Gasteiger partial charge in [-0.15, -0.1) is 0 Å². The Kier molecular flexibility index (Phi) is 3.39. The van der Waals surface area contributed by atoms with Gasteiger partial charge in [-0.05, 0) is 31.1 Å². The molecule has 1 fully saturated rings. The van der Waals surface area contributed by atoms with Crippen molar-refractivity contribution < 1.29 is 5.11 Å². The molecule has 134 valence electrons. The van der Waals surface area contributed by atoms with Crippen molar-refractivity contribution in [3.8, 4) is 17.1 Å². The van der Waals surface area contributed by atoms with E-state index in [0.29, 0.717) is 22.4 Å². The molecular formula is C18H15N7O2. The minimum atomic E-state index is -0.483. The zero-order valence-corrected chi connectivity index (χ0v) is 14.1. The van der Waals surface area contributed by atoms with Gasteiger partial charge in [0.05, 0.1) is 17.9 Å². The third-order valence-corrected chi connectivity index (χ3v) is 4.33. The van der Waals surface area contributed by atoms with Crippen molar-refractivity contribution in [2.75, 3.05) is 0 Å². The molecule has 4 aromatic heterocycles. The SMILES string of the molecule is O=c1[nH]c(O)c(/C=c2\cnn3c(=NC4CC4)cc(-c4cccnc4)nc23)[nH]1. The molecule has 1 aliphatic rings. The standard InChI is InChI=1S/C18H15N7O2/c26-17-14(23-18(27)24-17)6-11-9-20-25-15(21-12-3-4-12)7-13(22-16(11)25)10-2-1-5-19-8-10/h1-2,5-9,12,26H,3-4H2,(H2,23,24,27)/b11-6+,21-15?. The smallest absolute Gasteiger partial charge is 0.326 e. The van der Waals surface area contributed by atoms with Crippen LogP contribution in [0.5, 0.6) is 5.88 Å². The van der Waals surface area contributed by atoms with Gasteiger partial charge in [0.1, 0.15) is 5.69 Å². The molecule has 0 radical (unpaired) electrons. The van der Waals surface area contributed by atoms with Gasteiger partial charge in [0.2, 0.25) is 5.88 Å². The van der Waals surface area contributed by atoms with Gasteiger partial charge >= 0.3 is 5.69 Å². The highest BCUT2D eigenvalue weighted by Gasteiger charge is 2.20. The maximum Gasteiger partial charge on any atom is 0.326 e. The molecule has 0 unspecified atom stereocenters. The van der Waals surface area contributed by atoms with E-state index >= 15 is 0 Å². The summed E-state index contributed by atoms with van der Waals surface area (Å²) in [6.07, 6.45) is 8.85. The second kappa shape index (κ2) is 5.90. The average molecular weight is 361 g/mol. The maximum atomic E-state index is 11.4. The molecule has 0 amide bonds. The first-order valence-electron chi connectivity index (χ1n) is 8.53. The quantitative estimate of drug-likeness (QED) is 0.478. The molecule has 0 aliphatic heterocycles. The Balaban J connectivity index is 1.79. The fourth-order valence-corrected chi connectivity index (χ4v) is 2.86. The van der Waals surface area contributed by atoms with Crippen LogP contribution in [0.3, 0.4) is 0 Å². The number of hydrogen-bond donors (Lipinski definition) is 3. The molecule has 27 heavy (non-hydrogen) atoms. The Labute approximate surface area is 151 Å². The third-order valence-electron chi connectivity index (χ3n) is 4.33. The van der Waals surface area contributed by atoms with E-state index in [-0.39, 0.29) is 11.6 Å². The van der Waals surface area contributed by atoms with Gasteiger partial charge in [-0.2, -0.15) is 9.61 Å². The number of aromatic hydroxyl groups is 1. The summed E-state index contributed by atoms with van der Waals surface area (Å²) in [5.74, 6) is -0.231. The van der Waals surface area contributed by atoms with Crippen LogP contribution in [-0.4, -0.2) is 40.7 Å². The lowest BCUT2D eigenvalue weighted by molar-refractivity contribution is 0.454. The van der Waals surface area contributed by atoms with E-state index in [1.54, 1.807) is 29.2 Å². The summed E-state index contributed by atoms with van der Waals surface area (Å²) in [4.78, 5) is 29.8. The maximum absolute atomic E-state index is 11.4. The molecule has 1 saturated carbocycles. The fourth-order valence-electron chi connectivity index (χ4n) is 2.86. The van der Waals surface area contributed by atoms with Crippen LogP contribution in [0.1, 0.15) is 18.5 Å². The highest BCUT2D eigenvalue weighted by molar-refractivity contribution is 5.62. The molecule has 0 bridgehead atoms. The Morgan fingerprint density at radius 3 is 2.89 bits per heavy atom. The van der Waals surface area contributed by atoms with Crippen LogP contribution in [0.4, 0.5) is 0 Å². The summed E-state index contributed by atoms with van der Waals surface area (Å²) in [6, 6.07) is 6.00. The second-order valence-corrected chi connectivity index (χ2v) is 6.42. The highest BCUT2D eigenvalue weighted by atomic mass is 16.3. The number of H-pyrrole nitrogens is 2. The molecular weight excluding hydrogens is 346 g/mol. The monoisotopic (exact) mass is 361 g/mol. The van der Waals surface area contributed by atoms with Crippen LogP contribution < -0.4 is 16.4 Å². The largest absolute Gasteiger partial charge is 0.493 e. The molecule has 9 nitrogen and oxygen atoms in total. The molecule has 0 saturated heterocycles. The summed E-state index contributed by atoms with van der Waals surface area (Å²) < 4.78 is 1.67. The van der Waals surface area contributed by atoms with Gasteiger partial charge in [0.15, 0.2) is 11.1 Å². The van der Waals surface area contributed by atoms with Crippen molar-refractivity contribution in [3.63, 3.8) is 0 Å². The minimum Gasteiger partial charge on any atom is -0.493 e. The van der Waals surface area contributed by atoms with Crippen LogP contribution >= 0.6 is 0 Å². The predicted octanol–water partition coefficient (Wildman–Crippen LogP) is 0.124. The molecule has 0 atom stereocenters. The summed E-state index contributed by atoms with van der Waals surface area (Å²) in [5, 5.41) is 14.9. The summed E-state index contributed by atoms with van der Waals surface area (Å²) >= 11 is 0. The zero-order chi connectivity index (χ0) is 18.4. The van der Waals surface area contributed by atoms with Crippen molar-refractivity contribution in [1.82, 2.24) is 29.5 Å². The van der Waals surface area contributed by atoms with Crippen molar-refractivity contribution in [2.45, 2.75) is 18.9 Å². The highest BCUT2D eigenvalue weighted by Crippen LogP contribution is 2.22. The van der Waals surface area contributed by atoms with Gasteiger partial charge < -0.3 is 10.1 Å². The lowest BCUT2D eigenvalue weighted by Crippen LogP contribution is -2.19. The molecule has 3 N–H and O–H groups in total. The van der Waals surface area contributed by atoms with Crippen molar-refractivity contribution in [2.24, 2.45) is 4.99 Å². The van der Waals surface area contributed by atoms with Crippen molar-refractivity contribution in [3.05, 3.63) is 63.7 Å². The van der Waals surface area contributed by atoms with Crippen LogP contribution in [0.2, 0.25) is 0 Å². The van der Waals surface area contributed by atoms with E-state index in [4.69, 9.17) is 9.98 Å².